The number of nitrogens with one attached hydrogen (secondary N) is 1. The van der Waals surface area contributed by atoms with E-state index in [1.165, 1.54) is 0 Å². The molecule has 3 aromatic rings. The van der Waals surface area contributed by atoms with Crippen molar-refractivity contribution in [3.63, 3.8) is 0 Å². The Morgan fingerprint density at radius 2 is 1.32 bits per heavy atom. The molecule has 1 amide bonds. The summed E-state index contributed by atoms with van der Waals surface area (Å²) in [6.07, 6.45) is 1.26. The summed E-state index contributed by atoms with van der Waals surface area (Å²) >= 11 is 0. The van der Waals surface area contributed by atoms with Crippen LogP contribution < -0.4 is 14.8 Å². The second kappa shape index (κ2) is 11.4. The molecule has 0 bridgehead atoms. The van der Waals surface area contributed by atoms with Gasteiger partial charge in [0.25, 0.3) is 5.91 Å². The first-order valence-corrected chi connectivity index (χ1v) is 10.1. The third-order valence-corrected chi connectivity index (χ3v) is 4.56. The SMILES string of the molecule is O=C(O)CCc1ccc(OCC(=O)NCCc2ccc(Oc3ccccc3)cc2)cc1. The molecule has 0 saturated carbocycles. The zero-order chi connectivity index (χ0) is 21.9. The Labute approximate surface area is 181 Å². The first-order chi connectivity index (χ1) is 15.1. The van der Waals surface area contributed by atoms with Crippen LogP contribution in [0.25, 0.3) is 0 Å². The summed E-state index contributed by atoms with van der Waals surface area (Å²) in [6.45, 7) is 0.438. The Kier molecular flexibility index (Phi) is 8.05. The third kappa shape index (κ3) is 7.85. The van der Waals surface area contributed by atoms with Crippen molar-refractivity contribution in [2.75, 3.05) is 13.2 Å². The van der Waals surface area contributed by atoms with Crippen LogP contribution in [0.1, 0.15) is 17.5 Å². The van der Waals surface area contributed by atoms with Crippen LogP contribution in [-0.2, 0) is 22.4 Å². The maximum atomic E-state index is 12.0. The minimum atomic E-state index is -0.826. The lowest BCUT2D eigenvalue weighted by molar-refractivity contribution is -0.137. The molecular formula is C25H25NO5. The molecule has 0 saturated heterocycles. The van der Waals surface area contributed by atoms with Gasteiger partial charge in [0.05, 0.1) is 0 Å². The summed E-state index contributed by atoms with van der Waals surface area (Å²) in [5.41, 5.74) is 2.01. The predicted molar refractivity (Wildman–Crippen MR) is 118 cm³/mol. The summed E-state index contributed by atoms with van der Waals surface area (Å²) in [5.74, 6) is 1.11. The molecule has 160 valence electrons. The Morgan fingerprint density at radius 3 is 1.97 bits per heavy atom. The zero-order valence-electron chi connectivity index (χ0n) is 17.1. The highest BCUT2D eigenvalue weighted by Crippen LogP contribution is 2.21. The highest BCUT2D eigenvalue weighted by atomic mass is 16.5. The van der Waals surface area contributed by atoms with Gasteiger partial charge in [0, 0.05) is 13.0 Å². The summed E-state index contributed by atoms with van der Waals surface area (Å²) in [7, 11) is 0. The van der Waals surface area contributed by atoms with Crippen LogP contribution in [0.5, 0.6) is 17.2 Å². The number of rotatable bonds is 11. The molecule has 0 aliphatic carbocycles. The van der Waals surface area contributed by atoms with Crippen molar-refractivity contribution >= 4 is 11.9 Å². The second-order valence-corrected chi connectivity index (χ2v) is 6.99. The van der Waals surface area contributed by atoms with Gasteiger partial charge in [0.1, 0.15) is 17.2 Å². The molecule has 0 unspecified atom stereocenters. The average Bonchev–Trinajstić information content (AvgIpc) is 2.79. The molecule has 0 heterocycles. The molecule has 0 atom stereocenters. The van der Waals surface area contributed by atoms with E-state index in [1.807, 2.05) is 54.6 Å². The van der Waals surface area contributed by atoms with Crippen LogP contribution >= 0.6 is 0 Å². The van der Waals surface area contributed by atoms with Gasteiger partial charge in [-0.3, -0.25) is 9.59 Å². The van der Waals surface area contributed by atoms with E-state index in [9.17, 15) is 9.59 Å². The van der Waals surface area contributed by atoms with E-state index in [-0.39, 0.29) is 18.9 Å². The fraction of sp³-hybridized carbons (Fsp3) is 0.200. The fourth-order valence-corrected chi connectivity index (χ4v) is 2.90. The molecule has 0 aromatic heterocycles. The molecule has 2 N–H and O–H groups in total. The minimum Gasteiger partial charge on any atom is -0.484 e. The number of amides is 1. The summed E-state index contributed by atoms with van der Waals surface area (Å²) in [5, 5.41) is 11.5. The normalized spacial score (nSPS) is 10.3. The van der Waals surface area contributed by atoms with E-state index < -0.39 is 5.97 Å². The first-order valence-electron chi connectivity index (χ1n) is 10.1. The molecule has 6 nitrogen and oxygen atoms in total. The van der Waals surface area contributed by atoms with Crippen LogP contribution in [0.2, 0.25) is 0 Å². The van der Waals surface area contributed by atoms with Crippen molar-refractivity contribution in [3.05, 3.63) is 90.0 Å². The number of para-hydroxylation sites is 1. The van der Waals surface area contributed by atoms with E-state index in [4.69, 9.17) is 14.6 Å². The van der Waals surface area contributed by atoms with Crippen molar-refractivity contribution in [3.8, 4) is 17.2 Å². The minimum absolute atomic E-state index is 0.0711. The van der Waals surface area contributed by atoms with Gasteiger partial charge in [0.15, 0.2) is 6.61 Å². The Balaban J connectivity index is 1.35. The van der Waals surface area contributed by atoms with E-state index in [1.54, 1.807) is 24.3 Å². The Morgan fingerprint density at radius 1 is 0.742 bits per heavy atom. The van der Waals surface area contributed by atoms with E-state index >= 15 is 0 Å². The maximum absolute atomic E-state index is 12.0. The van der Waals surface area contributed by atoms with Crippen LogP contribution in [0.3, 0.4) is 0 Å². The van der Waals surface area contributed by atoms with E-state index in [0.29, 0.717) is 25.1 Å². The number of carbonyl (C=O) groups is 2. The quantitative estimate of drug-likeness (QED) is 0.486. The van der Waals surface area contributed by atoms with E-state index in [0.717, 1.165) is 22.6 Å². The van der Waals surface area contributed by atoms with Gasteiger partial charge in [-0.25, -0.2) is 0 Å². The standard InChI is InChI=1S/C25H25NO5/c27-24(18-30-21-11-6-19(7-12-21)10-15-25(28)29)26-17-16-20-8-13-23(14-9-20)31-22-4-2-1-3-5-22/h1-9,11-14H,10,15-18H2,(H,26,27)(H,28,29). The maximum Gasteiger partial charge on any atom is 0.303 e. The number of ether oxygens (including phenoxy) is 2. The topological polar surface area (TPSA) is 84.9 Å². The van der Waals surface area contributed by atoms with Crippen molar-refractivity contribution in [2.24, 2.45) is 0 Å². The van der Waals surface area contributed by atoms with Gasteiger partial charge >= 0.3 is 5.97 Å². The van der Waals surface area contributed by atoms with Crippen LogP contribution in [0.15, 0.2) is 78.9 Å². The van der Waals surface area contributed by atoms with Gasteiger partial charge in [-0.1, -0.05) is 42.5 Å². The average molecular weight is 419 g/mol. The highest BCUT2D eigenvalue weighted by molar-refractivity contribution is 5.77. The molecule has 3 rings (SSSR count). The molecule has 0 radical (unpaired) electrons. The molecule has 31 heavy (non-hydrogen) atoms. The molecule has 0 spiro atoms. The first kappa shape index (κ1) is 21.9. The predicted octanol–water partition coefficient (Wildman–Crippen LogP) is 4.23. The van der Waals surface area contributed by atoms with E-state index in [2.05, 4.69) is 5.32 Å². The largest absolute Gasteiger partial charge is 0.484 e. The van der Waals surface area contributed by atoms with Gasteiger partial charge in [-0.2, -0.15) is 0 Å². The lowest BCUT2D eigenvalue weighted by Crippen LogP contribution is -2.30. The molecule has 0 aliphatic rings. The van der Waals surface area contributed by atoms with Gasteiger partial charge in [-0.15, -0.1) is 0 Å². The molecule has 0 fully saturated rings. The number of hydrogen-bond acceptors (Lipinski definition) is 4. The van der Waals surface area contributed by atoms with Gasteiger partial charge in [0.2, 0.25) is 0 Å². The number of carbonyl (C=O) groups excluding carboxylic acids is 1. The second-order valence-electron chi connectivity index (χ2n) is 6.99. The van der Waals surface area contributed by atoms with Gasteiger partial charge < -0.3 is 19.9 Å². The molecule has 6 heteroatoms. The summed E-state index contributed by atoms with van der Waals surface area (Å²) in [4.78, 5) is 22.6. The van der Waals surface area contributed by atoms with Crippen molar-refractivity contribution in [2.45, 2.75) is 19.3 Å². The Hall–Kier alpha value is -3.80. The number of aryl methyl sites for hydroxylation is 1. The smallest absolute Gasteiger partial charge is 0.303 e. The van der Waals surface area contributed by atoms with Crippen molar-refractivity contribution in [1.82, 2.24) is 5.32 Å². The number of hydrogen-bond donors (Lipinski definition) is 2. The third-order valence-electron chi connectivity index (χ3n) is 4.56. The molecular weight excluding hydrogens is 394 g/mol. The number of benzene rings is 3. The van der Waals surface area contributed by atoms with Crippen LogP contribution in [0.4, 0.5) is 0 Å². The molecule has 3 aromatic carbocycles. The zero-order valence-corrected chi connectivity index (χ0v) is 17.1. The highest BCUT2D eigenvalue weighted by Gasteiger charge is 2.04. The monoisotopic (exact) mass is 419 g/mol. The van der Waals surface area contributed by atoms with Gasteiger partial charge in [-0.05, 0) is 60.4 Å². The van der Waals surface area contributed by atoms with Crippen LogP contribution in [0, 0.1) is 0 Å². The van der Waals surface area contributed by atoms with Crippen molar-refractivity contribution in [1.29, 1.82) is 0 Å². The summed E-state index contributed by atoms with van der Waals surface area (Å²) < 4.78 is 11.2. The lowest BCUT2D eigenvalue weighted by Gasteiger charge is -2.09. The number of carboxylic acid groups (broad SMARTS) is 1. The molecule has 0 aliphatic heterocycles. The number of aliphatic carboxylic acids is 1. The lowest BCUT2D eigenvalue weighted by atomic mass is 10.1. The Bertz CT molecular complexity index is 969. The van der Waals surface area contributed by atoms with Crippen molar-refractivity contribution < 1.29 is 24.2 Å². The fourth-order valence-electron chi connectivity index (χ4n) is 2.90. The number of carboxylic acids is 1. The summed E-state index contributed by atoms with van der Waals surface area (Å²) in [6, 6.07) is 24.5. The van der Waals surface area contributed by atoms with Crippen LogP contribution in [-0.4, -0.2) is 30.1 Å².